The zero-order valence-corrected chi connectivity index (χ0v) is 35.3. The normalized spacial score (nSPS) is 19.8. The second kappa shape index (κ2) is 13.0. The Kier molecular flexibility index (Phi) is 11.3. The third-order valence-corrected chi connectivity index (χ3v) is 12.4. The summed E-state index contributed by atoms with van der Waals surface area (Å²) < 4.78 is 1.76. The molecule has 0 radical (unpaired) electrons. The maximum absolute atomic E-state index is 14.7. The third kappa shape index (κ3) is 6.33. The van der Waals surface area contributed by atoms with Crippen LogP contribution in [0.1, 0.15) is 106 Å². The summed E-state index contributed by atoms with van der Waals surface area (Å²) in [7, 11) is 0. The average Bonchev–Trinajstić information content (AvgIpc) is 3.33. The molecule has 1 aliphatic rings. The molecule has 2 aromatic carbocycles. The molecule has 1 N–H and O–H groups in total. The molecule has 1 aliphatic heterocycles. The molecule has 0 bridgehead atoms. The highest BCUT2D eigenvalue weighted by Crippen LogP contribution is 2.66. The van der Waals surface area contributed by atoms with Gasteiger partial charge in [-0.25, -0.2) is 9.69 Å². The number of halogens is 5. The number of hydrazine groups is 1. The van der Waals surface area contributed by atoms with Crippen molar-refractivity contribution in [2.24, 2.45) is 16.2 Å². The number of rotatable bonds is 4. The molecule has 0 atom stereocenters. The van der Waals surface area contributed by atoms with Crippen LogP contribution in [0.2, 0.25) is 15.1 Å². The zero-order valence-electron chi connectivity index (χ0n) is 28.7. The van der Waals surface area contributed by atoms with Crippen LogP contribution in [-0.2, 0) is 5.41 Å². The van der Waals surface area contributed by atoms with Gasteiger partial charge in [0.2, 0.25) is 0 Å². The van der Waals surface area contributed by atoms with Gasteiger partial charge in [0, 0.05) is 69.5 Å². The van der Waals surface area contributed by atoms with Gasteiger partial charge in [0.05, 0.1) is 16.4 Å². The van der Waals surface area contributed by atoms with E-state index in [0.29, 0.717) is 26.4 Å². The number of piperidine rings is 1. The van der Waals surface area contributed by atoms with Gasteiger partial charge in [-0.3, -0.25) is 10.2 Å². The molecule has 0 unspecified atom stereocenters. The number of nitrogens with one attached hydrogen (secondary N) is 1. The number of carbonyl (C=O) groups is 1. The first kappa shape index (κ1) is 38.9. The van der Waals surface area contributed by atoms with Gasteiger partial charge < -0.3 is 0 Å². The van der Waals surface area contributed by atoms with E-state index in [1.165, 1.54) is 0 Å². The van der Waals surface area contributed by atoms with Gasteiger partial charge in [0.15, 0.2) is 5.69 Å². The van der Waals surface area contributed by atoms with E-state index in [2.05, 4.69) is 138 Å². The van der Waals surface area contributed by atoms with Crippen LogP contribution in [0.25, 0.3) is 16.9 Å². The molecule has 1 amide bonds. The quantitative estimate of drug-likeness (QED) is 0.266. The van der Waals surface area contributed by atoms with Crippen LogP contribution in [-0.4, -0.2) is 31.8 Å². The van der Waals surface area contributed by atoms with Crippen molar-refractivity contribution in [1.82, 2.24) is 20.2 Å². The SMILES string of the molecule is CC(C)(C)c1c(C(=O)NN2C(C)(C)C(C)(C)C(C)(C)C(C)(C)C2(C)C)nn(-c2ccc(Cl)cc2Cl)c1-c1ccc(Cl)cc1.II. The van der Waals surface area contributed by atoms with Gasteiger partial charge in [-0.2, -0.15) is 5.10 Å². The smallest absolute Gasteiger partial charge is 0.282 e. The molecule has 4 rings (SSSR count). The zero-order chi connectivity index (χ0) is 34.7. The first-order valence-electron chi connectivity index (χ1n) is 15.0. The topological polar surface area (TPSA) is 50.2 Å². The van der Waals surface area contributed by atoms with Crippen molar-refractivity contribution in [2.45, 2.75) is 107 Å². The van der Waals surface area contributed by atoms with Crippen LogP contribution in [0.15, 0.2) is 42.5 Å². The van der Waals surface area contributed by atoms with E-state index in [9.17, 15) is 4.79 Å². The Morgan fingerprint density at radius 2 is 1.22 bits per heavy atom. The van der Waals surface area contributed by atoms with Crippen LogP contribution < -0.4 is 5.43 Å². The highest BCUT2D eigenvalue weighted by Gasteiger charge is 2.68. The summed E-state index contributed by atoms with van der Waals surface area (Å²) in [6.45, 7) is 29.1. The van der Waals surface area contributed by atoms with E-state index >= 15 is 0 Å². The Hall–Kier alpha value is -0.590. The fourth-order valence-electron chi connectivity index (χ4n) is 6.99. The lowest BCUT2D eigenvalue weighted by molar-refractivity contribution is -0.259. The van der Waals surface area contributed by atoms with Crippen molar-refractivity contribution < 1.29 is 4.79 Å². The Balaban J connectivity index is 0.00000271. The van der Waals surface area contributed by atoms with Crippen molar-refractivity contribution >= 4 is 77.9 Å². The van der Waals surface area contributed by atoms with Crippen molar-refractivity contribution in [1.29, 1.82) is 0 Å². The highest BCUT2D eigenvalue weighted by molar-refractivity contribution is 15.0. The molecule has 1 fully saturated rings. The van der Waals surface area contributed by atoms with E-state index in [4.69, 9.17) is 39.9 Å². The largest absolute Gasteiger partial charge is 0.286 e. The van der Waals surface area contributed by atoms with Crippen LogP contribution in [0.5, 0.6) is 0 Å². The van der Waals surface area contributed by atoms with Crippen LogP contribution in [0.3, 0.4) is 0 Å². The second-order valence-electron chi connectivity index (χ2n) is 15.6. The highest BCUT2D eigenvalue weighted by atomic mass is 128. The number of amides is 1. The predicted molar refractivity (Wildman–Crippen MR) is 210 cm³/mol. The average molecular weight is 900 g/mol. The van der Waals surface area contributed by atoms with Crippen LogP contribution in [0.4, 0.5) is 0 Å². The summed E-state index contributed by atoms with van der Waals surface area (Å²) in [5.41, 5.74) is 5.14. The molecule has 1 aromatic heterocycles. The second-order valence-corrected chi connectivity index (χ2v) is 16.9. The standard InChI is InChI=1S/C35H47Cl3N4O.I2/c1-30(2,3)26-27(29(43)40-42-34(10,11)32(6,7)31(4,5)33(8,9)35(42,12)13)39-41(25-19-18-23(37)20-24(25)38)28(26)21-14-16-22(36)17-15-21;1-2/h14-20H,1-13H3,(H,40,43);. The fourth-order valence-corrected chi connectivity index (χ4v) is 7.61. The summed E-state index contributed by atoms with van der Waals surface area (Å²) in [6, 6.07) is 12.9. The first-order valence-corrected chi connectivity index (χ1v) is 22.4. The van der Waals surface area contributed by atoms with Gasteiger partial charge in [0.25, 0.3) is 5.91 Å². The summed E-state index contributed by atoms with van der Waals surface area (Å²) >= 11 is 23.5. The Morgan fingerprint density at radius 3 is 1.67 bits per heavy atom. The fraction of sp³-hybridized carbons (Fsp3) is 0.543. The van der Waals surface area contributed by atoms with E-state index in [0.717, 1.165) is 16.8 Å². The third-order valence-electron chi connectivity index (χ3n) is 11.6. The van der Waals surface area contributed by atoms with Crippen molar-refractivity contribution in [2.75, 3.05) is 0 Å². The molecule has 248 valence electrons. The van der Waals surface area contributed by atoms with Gasteiger partial charge >= 0.3 is 0 Å². The van der Waals surface area contributed by atoms with E-state index < -0.39 is 16.5 Å². The molecular weight excluding hydrogens is 853 g/mol. The van der Waals surface area contributed by atoms with Crippen molar-refractivity contribution in [3.05, 3.63) is 68.8 Å². The summed E-state index contributed by atoms with van der Waals surface area (Å²) in [4.78, 5) is 14.7. The van der Waals surface area contributed by atoms with E-state index in [1.54, 1.807) is 16.8 Å². The monoisotopic (exact) mass is 898 g/mol. The lowest BCUT2D eigenvalue weighted by Gasteiger charge is -2.73. The van der Waals surface area contributed by atoms with Crippen LogP contribution >= 0.6 is 72.0 Å². The predicted octanol–water partition coefficient (Wildman–Crippen LogP) is 12.2. The van der Waals surface area contributed by atoms with Crippen LogP contribution in [0, 0.1) is 16.2 Å². The summed E-state index contributed by atoms with van der Waals surface area (Å²) in [5, 5.41) is 8.77. The molecule has 45 heavy (non-hydrogen) atoms. The van der Waals surface area contributed by atoms with Crippen molar-refractivity contribution in [3.8, 4) is 16.9 Å². The number of aromatic nitrogens is 2. The molecule has 5 nitrogen and oxygen atoms in total. The molecule has 10 heteroatoms. The van der Waals surface area contributed by atoms with Gasteiger partial charge in [-0.05, 0) is 79.7 Å². The minimum atomic E-state index is -0.452. The van der Waals surface area contributed by atoms with Gasteiger partial charge in [-0.1, -0.05) is 109 Å². The van der Waals surface area contributed by atoms with Gasteiger partial charge in [0.1, 0.15) is 0 Å². The molecule has 0 aliphatic carbocycles. The van der Waals surface area contributed by atoms with E-state index in [-0.39, 0.29) is 22.2 Å². The lowest BCUT2D eigenvalue weighted by Crippen LogP contribution is -2.80. The minimum Gasteiger partial charge on any atom is -0.282 e. The summed E-state index contributed by atoms with van der Waals surface area (Å²) in [6.07, 6.45) is 0. The number of hydrogen-bond donors (Lipinski definition) is 1. The lowest BCUT2D eigenvalue weighted by atomic mass is 9.42. The molecule has 0 saturated carbocycles. The molecule has 2 heterocycles. The van der Waals surface area contributed by atoms with Gasteiger partial charge in [-0.15, -0.1) is 0 Å². The molecule has 1 saturated heterocycles. The number of nitrogens with zero attached hydrogens (tertiary/aromatic N) is 3. The maximum atomic E-state index is 14.7. The first-order chi connectivity index (χ1) is 20.4. The summed E-state index contributed by atoms with van der Waals surface area (Å²) in [5.74, 6) is -0.267. The number of carbonyl (C=O) groups excluding carboxylic acids is 1. The number of benzene rings is 2. The Labute approximate surface area is 308 Å². The van der Waals surface area contributed by atoms with Crippen molar-refractivity contribution in [3.63, 3.8) is 0 Å². The number of hydrogen-bond acceptors (Lipinski definition) is 3. The molecule has 3 aromatic rings. The Bertz CT molecular complexity index is 1540. The van der Waals surface area contributed by atoms with E-state index in [1.807, 2.05) is 30.3 Å². The minimum absolute atomic E-state index is 0.0561. The molecule has 0 spiro atoms. The maximum Gasteiger partial charge on any atom is 0.286 e. The Morgan fingerprint density at radius 1 is 0.756 bits per heavy atom. The molecular formula is C35H47Cl3I2N4O.